The third kappa shape index (κ3) is 3.33. The number of benzene rings is 1. The van der Waals surface area contributed by atoms with Crippen molar-refractivity contribution in [1.82, 2.24) is 29.1 Å². The fourth-order valence-corrected chi connectivity index (χ4v) is 5.22. The second-order valence-electron chi connectivity index (χ2n) is 7.15. The molecule has 158 valence electrons. The Hall–Kier alpha value is -3.63. The monoisotopic (exact) mass is 460 g/mol. The van der Waals surface area contributed by atoms with Crippen molar-refractivity contribution in [1.29, 1.82) is 0 Å². The summed E-state index contributed by atoms with van der Waals surface area (Å²) < 4.78 is 9.18. The van der Waals surface area contributed by atoms with Gasteiger partial charge in [-0.1, -0.05) is 30.0 Å². The van der Waals surface area contributed by atoms with Gasteiger partial charge in [-0.3, -0.25) is 13.8 Å². The minimum absolute atomic E-state index is 0.0802. The summed E-state index contributed by atoms with van der Waals surface area (Å²) in [6.07, 6.45) is 5.35. The van der Waals surface area contributed by atoms with E-state index in [2.05, 4.69) is 26.2 Å². The predicted octanol–water partition coefficient (Wildman–Crippen LogP) is 4.43. The summed E-state index contributed by atoms with van der Waals surface area (Å²) in [6, 6.07) is 13.5. The number of para-hydroxylation sites is 1. The lowest BCUT2D eigenvalue weighted by molar-refractivity contribution is 0.485. The van der Waals surface area contributed by atoms with Gasteiger partial charge in [-0.05, 0) is 18.2 Å². The quantitative estimate of drug-likeness (QED) is 0.370. The average molecular weight is 461 g/mol. The lowest BCUT2D eigenvalue weighted by atomic mass is 10.1. The van der Waals surface area contributed by atoms with E-state index in [9.17, 15) is 4.79 Å². The molecule has 10 heteroatoms. The summed E-state index contributed by atoms with van der Waals surface area (Å²) in [5.74, 6) is 2.07. The number of nitrogens with zero attached hydrogens (tertiary/aromatic N) is 5. The van der Waals surface area contributed by atoms with E-state index in [0.29, 0.717) is 23.0 Å². The first kappa shape index (κ1) is 19.1. The Morgan fingerprint density at radius 3 is 3.00 bits per heavy atom. The molecule has 0 amide bonds. The second kappa shape index (κ2) is 7.81. The van der Waals surface area contributed by atoms with Gasteiger partial charge in [0.1, 0.15) is 5.76 Å². The van der Waals surface area contributed by atoms with Gasteiger partial charge in [0.15, 0.2) is 15.9 Å². The number of thiazole rings is 1. The van der Waals surface area contributed by atoms with E-state index >= 15 is 0 Å². The van der Waals surface area contributed by atoms with E-state index in [1.807, 2.05) is 46.5 Å². The van der Waals surface area contributed by atoms with E-state index in [-0.39, 0.29) is 5.56 Å². The van der Waals surface area contributed by atoms with Crippen LogP contribution in [0, 0.1) is 0 Å². The average Bonchev–Trinajstić information content (AvgIpc) is 3.59. The minimum atomic E-state index is -0.0802. The normalized spacial score (nSPS) is 11.6. The van der Waals surface area contributed by atoms with Crippen LogP contribution in [-0.4, -0.2) is 29.1 Å². The van der Waals surface area contributed by atoms with Crippen LogP contribution in [0.5, 0.6) is 0 Å². The number of H-pyrrole nitrogens is 1. The summed E-state index contributed by atoms with van der Waals surface area (Å²) in [4.78, 5) is 20.9. The smallest absolute Gasteiger partial charge is 0.258 e. The molecule has 0 saturated carbocycles. The molecule has 6 aromatic rings. The number of thioether (sulfide) groups is 1. The molecule has 5 aromatic heterocycles. The van der Waals surface area contributed by atoms with Crippen LogP contribution in [-0.2, 0) is 12.3 Å². The number of aromatic nitrogens is 6. The molecule has 0 bridgehead atoms. The van der Waals surface area contributed by atoms with Crippen molar-refractivity contribution >= 4 is 39.0 Å². The first-order valence-corrected chi connectivity index (χ1v) is 11.7. The highest BCUT2D eigenvalue weighted by atomic mass is 32.2. The topological polar surface area (TPSA) is 94.0 Å². The maximum absolute atomic E-state index is 12.3. The fourth-order valence-electron chi connectivity index (χ4n) is 3.65. The van der Waals surface area contributed by atoms with Crippen molar-refractivity contribution in [2.75, 3.05) is 0 Å². The zero-order valence-corrected chi connectivity index (χ0v) is 18.3. The fraction of sp³-hybridized carbons (Fsp3) is 0.0909. The standard InChI is InChI=1S/C22H16N6O2S2/c29-19-10-14(24-21-27(19)7-9-31-21)13-32-22-26-25-20(28(22)12-15-4-3-8-30-15)17-11-23-18-6-2-1-5-16(17)18/h1-11,23H,12-13H2. The molecule has 0 unspecified atom stereocenters. The lowest BCUT2D eigenvalue weighted by Crippen LogP contribution is -2.12. The van der Waals surface area contributed by atoms with Crippen molar-refractivity contribution in [2.24, 2.45) is 0 Å². The largest absolute Gasteiger partial charge is 0.467 e. The number of aromatic amines is 1. The molecule has 1 N–H and O–H groups in total. The molecule has 8 nitrogen and oxygen atoms in total. The Labute approximate surface area is 189 Å². The molecule has 0 radical (unpaired) electrons. The van der Waals surface area contributed by atoms with Gasteiger partial charge in [0.25, 0.3) is 5.56 Å². The molecule has 1 aromatic carbocycles. The van der Waals surface area contributed by atoms with Gasteiger partial charge in [0.2, 0.25) is 0 Å². The number of hydrogen-bond donors (Lipinski definition) is 1. The van der Waals surface area contributed by atoms with E-state index in [1.54, 1.807) is 22.9 Å². The molecular formula is C22H16N6O2S2. The van der Waals surface area contributed by atoms with Crippen LogP contribution in [0.15, 0.2) is 80.9 Å². The molecular weight excluding hydrogens is 444 g/mol. The van der Waals surface area contributed by atoms with E-state index in [4.69, 9.17) is 4.42 Å². The zero-order valence-electron chi connectivity index (χ0n) is 16.6. The van der Waals surface area contributed by atoms with Gasteiger partial charge in [-0.2, -0.15) is 0 Å². The van der Waals surface area contributed by atoms with E-state index in [1.165, 1.54) is 23.1 Å². The van der Waals surface area contributed by atoms with E-state index in [0.717, 1.165) is 33.2 Å². The van der Waals surface area contributed by atoms with Crippen LogP contribution in [0.25, 0.3) is 27.3 Å². The van der Waals surface area contributed by atoms with Gasteiger partial charge >= 0.3 is 0 Å². The van der Waals surface area contributed by atoms with Crippen molar-refractivity contribution < 1.29 is 4.42 Å². The van der Waals surface area contributed by atoms with Crippen molar-refractivity contribution in [3.63, 3.8) is 0 Å². The molecule has 6 rings (SSSR count). The summed E-state index contributed by atoms with van der Waals surface area (Å²) in [6.45, 7) is 0.497. The van der Waals surface area contributed by atoms with Crippen molar-refractivity contribution in [2.45, 2.75) is 17.5 Å². The highest BCUT2D eigenvalue weighted by molar-refractivity contribution is 7.98. The number of furan rings is 1. The third-order valence-electron chi connectivity index (χ3n) is 5.15. The molecule has 0 saturated heterocycles. The van der Waals surface area contributed by atoms with Crippen LogP contribution >= 0.6 is 23.1 Å². The van der Waals surface area contributed by atoms with Gasteiger partial charge in [-0.15, -0.1) is 21.5 Å². The Morgan fingerprint density at radius 1 is 1.16 bits per heavy atom. The van der Waals surface area contributed by atoms with Crippen molar-refractivity contribution in [3.05, 3.63) is 88.3 Å². The second-order valence-corrected chi connectivity index (χ2v) is 8.97. The number of fused-ring (bicyclic) bond motifs is 2. The predicted molar refractivity (Wildman–Crippen MR) is 124 cm³/mol. The molecule has 5 heterocycles. The summed E-state index contributed by atoms with van der Waals surface area (Å²) >= 11 is 2.94. The van der Waals surface area contributed by atoms with Crippen LogP contribution < -0.4 is 5.56 Å². The highest BCUT2D eigenvalue weighted by Gasteiger charge is 2.19. The van der Waals surface area contributed by atoms with Crippen molar-refractivity contribution in [3.8, 4) is 11.4 Å². The Balaban J connectivity index is 1.38. The molecule has 0 atom stereocenters. The minimum Gasteiger partial charge on any atom is -0.467 e. The van der Waals surface area contributed by atoms with Crippen LogP contribution in [0.3, 0.4) is 0 Å². The first-order chi connectivity index (χ1) is 15.8. The molecule has 0 aliphatic rings. The van der Waals surface area contributed by atoms with Crippen LogP contribution in [0.2, 0.25) is 0 Å². The summed E-state index contributed by atoms with van der Waals surface area (Å²) in [7, 11) is 0. The maximum atomic E-state index is 12.3. The summed E-state index contributed by atoms with van der Waals surface area (Å²) in [5.41, 5.74) is 2.65. The third-order valence-corrected chi connectivity index (χ3v) is 6.90. The molecule has 32 heavy (non-hydrogen) atoms. The maximum Gasteiger partial charge on any atom is 0.258 e. The van der Waals surface area contributed by atoms with Crippen LogP contribution in [0.1, 0.15) is 11.5 Å². The molecule has 0 aliphatic carbocycles. The number of hydrogen-bond acceptors (Lipinski definition) is 7. The lowest BCUT2D eigenvalue weighted by Gasteiger charge is -2.08. The molecule has 0 fully saturated rings. The van der Waals surface area contributed by atoms with E-state index < -0.39 is 0 Å². The SMILES string of the molecule is O=c1cc(CSc2nnc(-c3c[nH]c4ccccc34)n2Cc2ccco2)nc2sccn12. The Morgan fingerprint density at radius 2 is 2.09 bits per heavy atom. The molecule has 0 aliphatic heterocycles. The number of rotatable bonds is 6. The first-order valence-electron chi connectivity index (χ1n) is 9.87. The van der Waals surface area contributed by atoms with Gasteiger partial charge < -0.3 is 9.40 Å². The van der Waals surface area contributed by atoms with Gasteiger partial charge in [-0.25, -0.2) is 4.98 Å². The number of nitrogens with one attached hydrogen (secondary N) is 1. The Kier molecular flexibility index (Phi) is 4.66. The summed E-state index contributed by atoms with van der Waals surface area (Å²) in [5, 5.41) is 12.6. The molecule has 0 spiro atoms. The van der Waals surface area contributed by atoms with Crippen LogP contribution in [0.4, 0.5) is 0 Å². The van der Waals surface area contributed by atoms with Gasteiger partial charge in [0.05, 0.1) is 18.5 Å². The zero-order chi connectivity index (χ0) is 21.5. The Bertz CT molecular complexity index is 1590. The van der Waals surface area contributed by atoms with Gasteiger partial charge in [0, 0.05) is 46.1 Å². The highest BCUT2D eigenvalue weighted by Crippen LogP contribution is 2.31.